The van der Waals surface area contributed by atoms with Crippen molar-refractivity contribution in [1.82, 2.24) is 5.32 Å². The van der Waals surface area contributed by atoms with Gasteiger partial charge in [-0.05, 0) is 54.1 Å². The van der Waals surface area contributed by atoms with Gasteiger partial charge in [-0.2, -0.15) is 0 Å². The van der Waals surface area contributed by atoms with E-state index in [9.17, 15) is 4.79 Å². The molecule has 0 saturated heterocycles. The summed E-state index contributed by atoms with van der Waals surface area (Å²) in [6.45, 7) is 1.55. The van der Waals surface area contributed by atoms with Crippen LogP contribution in [0.3, 0.4) is 0 Å². The molecular formula is C24H25NO5. The molecule has 156 valence electrons. The molecule has 30 heavy (non-hydrogen) atoms. The van der Waals surface area contributed by atoms with Crippen LogP contribution in [0.4, 0.5) is 0 Å². The fourth-order valence-electron chi connectivity index (χ4n) is 2.68. The third-order valence-corrected chi connectivity index (χ3v) is 4.16. The molecule has 3 rings (SSSR count). The number of carboxylic acid groups (broad SMARTS) is 1. The molecule has 0 heterocycles. The van der Waals surface area contributed by atoms with Crippen LogP contribution in [-0.2, 0) is 11.3 Å². The number of ether oxygens (including phenoxy) is 3. The highest BCUT2D eigenvalue weighted by molar-refractivity contribution is 5.69. The van der Waals surface area contributed by atoms with E-state index in [1.165, 1.54) is 0 Å². The van der Waals surface area contributed by atoms with Crippen LogP contribution in [0, 0.1) is 0 Å². The van der Waals surface area contributed by atoms with Crippen LogP contribution in [0.15, 0.2) is 78.9 Å². The summed E-state index contributed by atoms with van der Waals surface area (Å²) in [6, 6.07) is 24.8. The lowest BCUT2D eigenvalue weighted by atomic mass is 10.2. The predicted molar refractivity (Wildman–Crippen MR) is 114 cm³/mol. The number of para-hydroxylation sites is 1. The van der Waals surface area contributed by atoms with Gasteiger partial charge in [0.1, 0.15) is 23.0 Å². The lowest BCUT2D eigenvalue weighted by Crippen LogP contribution is -2.21. The van der Waals surface area contributed by atoms with Crippen LogP contribution < -0.4 is 19.5 Å². The average molecular weight is 407 g/mol. The molecule has 0 atom stereocenters. The minimum Gasteiger partial charge on any atom is -0.493 e. The smallest absolute Gasteiger partial charge is 0.317 e. The molecular weight excluding hydrogens is 382 g/mol. The molecule has 0 fully saturated rings. The highest BCUT2D eigenvalue weighted by Crippen LogP contribution is 2.23. The molecule has 6 nitrogen and oxygen atoms in total. The van der Waals surface area contributed by atoms with Gasteiger partial charge in [0.05, 0.1) is 19.8 Å². The van der Waals surface area contributed by atoms with Crippen molar-refractivity contribution in [2.75, 3.05) is 19.8 Å². The van der Waals surface area contributed by atoms with Gasteiger partial charge in [-0.1, -0.05) is 30.3 Å². The van der Waals surface area contributed by atoms with Crippen molar-refractivity contribution in [1.29, 1.82) is 0 Å². The Morgan fingerprint density at radius 2 is 1.27 bits per heavy atom. The van der Waals surface area contributed by atoms with Crippen LogP contribution in [0.25, 0.3) is 0 Å². The van der Waals surface area contributed by atoms with Gasteiger partial charge in [-0.15, -0.1) is 0 Å². The van der Waals surface area contributed by atoms with Gasteiger partial charge in [0.25, 0.3) is 0 Å². The minimum atomic E-state index is -0.867. The van der Waals surface area contributed by atoms with E-state index in [0.29, 0.717) is 19.8 Å². The van der Waals surface area contributed by atoms with Crippen molar-refractivity contribution in [3.63, 3.8) is 0 Å². The van der Waals surface area contributed by atoms with E-state index in [0.717, 1.165) is 35.0 Å². The van der Waals surface area contributed by atoms with Gasteiger partial charge in [0, 0.05) is 13.0 Å². The average Bonchev–Trinajstić information content (AvgIpc) is 2.76. The van der Waals surface area contributed by atoms with Crippen molar-refractivity contribution in [3.8, 4) is 23.0 Å². The summed E-state index contributed by atoms with van der Waals surface area (Å²) in [5, 5.41) is 11.5. The van der Waals surface area contributed by atoms with Crippen molar-refractivity contribution in [2.45, 2.75) is 13.0 Å². The van der Waals surface area contributed by atoms with Crippen molar-refractivity contribution in [3.05, 3.63) is 84.4 Å². The lowest BCUT2D eigenvalue weighted by Gasteiger charge is -2.10. The molecule has 0 saturated carbocycles. The zero-order valence-electron chi connectivity index (χ0n) is 16.6. The molecule has 0 aliphatic heterocycles. The number of carboxylic acids is 1. The molecule has 0 aromatic heterocycles. The molecule has 0 aliphatic rings. The summed E-state index contributed by atoms with van der Waals surface area (Å²) in [6.07, 6.45) is 0.754. The second-order valence-electron chi connectivity index (χ2n) is 6.58. The summed E-state index contributed by atoms with van der Waals surface area (Å²) in [5.74, 6) is 2.26. The van der Waals surface area contributed by atoms with Crippen LogP contribution in [0.5, 0.6) is 23.0 Å². The van der Waals surface area contributed by atoms with E-state index < -0.39 is 5.97 Å². The van der Waals surface area contributed by atoms with Crippen LogP contribution >= 0.6 is 0 Å². The monoisotopic (exact) mass is 407 g/mol. The maximum absolute atomic E-state index is 10.5. The van der Waals surface area contributed by atoms with Crippen LogP contribution in [0.2, 0.25) is 0 Å². The van der Waals surface area contributed by atoms with Crippen molar-refractivity contribution >= 4 is 5.97 Å². The van der Waals surface area contributed by atoms with Crippen LogP contribution in [0.1, 0.15) is 12.0 Å². The van der Waals surface area contributed by atoms with Gasteiger partial charge in [-0.25, -0.2) is 0 Å². The molecule has 0 amide bonds. The third kappa shape index (κ3) is 7.48. The van der Waals surface area contributed by atoms with E-state index in [1.54, 1.807) is 0 Å². The Morgan fingerprint density at radius 1 is 0.733 bits per heavy atom. The first-order valence-corrected chi connectivity index (χ1v) is 9.79. The standard InChI is InChI=1S/C24H25NO5/c26-24(27)18-25-17-19-7-9-20(10-8-19)28-15-4-16-29-21-11-13-23(14-12-21)30-22-5-2-1-3-6-22/h1-3,5-14,25H,4,15-18H2,(H,26,27). The maximum Gasteiger partial charge on any atom is 0.317 e. The number of hydrogen-bond donors (Lipinski definition) is 2. The van der Waals surface area contributed by atoms with Gasteiger partial charge >= 0.3 is 5.97 Å². The maximum atomic E-state index is 10.5. The Hall–Kier alpha value is -3.51. The number of carbonyl (C=O) groups is 1. The van der Waals surface area contributed by atoms with Gasteiger partial charge in [0.15, 0.2) is 0 Å². The predicted octanol–water partition coefficient (Wildman–Crippen LogP) is 4.50. The molecule has 2 N–H and O–H groups in total. The van der Waals surface area contributed by atoms with E-state index in [2.05, 4.69) is 5.32 Å². The third-order valence-electron chi connectivity index (χ3n) is 4.16. The van der Waals surface area contributed by atoms with E-state index in [4.69, 9.17) is 19.3 Å². The topological polar surface area (TPSA) is 77.0 Å². The number of hydrogen-bond acceptors (Lipinski definition) is 5. The molecule has 0 radical (unpaired) electrons. The van der Waals surface area contributed by atoms with Crippen molar-refractivity contribution < 1.29 is 24.1 Å². The van der Waals surface area contributed by atoms with E-state index >= 15 is 0 Å². The Bertz CT molecular complexity index is 895. The van der Waals surface area contributed by atoms with Gasteiger partial charge in [0.2, 0.25) is 0 Å². The second kappa shape index (κ2) is 11.5. The summed E-state index contributed by atoms with van der Waals surface area (Å²) in [7, 11) is 0. The summed E-state index contributed by atoms with van der Waals surface area (Å²) in [5.41, 5.74) is 1.01. The Balaban J connectivity index is 1.31. The Morgan fingerprint density at radius 3 is 1.87 bits per heavy atom. The van der Waals surface area contributed by atoms with Gasteiger partial charge in [-0.3, -0.25) is 4.79 Å². The summed E-state index contributed by atoms with van der Waals surface area (Å²) >= 11 is 0. The Kier molecular flexibility index (Phi) is 8.12. The highest BCUT2D eigenvalue weighted by Gasteiger charge is 2.00. The first kappa shape index (κ1) is 21.2. The van der Waals surface area contributed by atoms with Crippen LogP contribution in [-0.4, -0.2) is 30.8 Å². The highest BCUT2D eigenvalue weighted by atomic mass is 16.5. The normalized spacial score (nSPS) is 10.4. The molecule has 0 spiro atoms. The molecule has 6 heteroatoms. The molecule has 3 aromatic carbocycles. The lowest BCUT2D eigenvalue weighted by molar-refractivity contribution is -0.136. The first-order chi connectivity index (χ1) is 14.7. The minimum absolute atomic E-state index is 0.0545. The number of aliphatic carboxylic acids is 1. The zero-order valence-corrected chi connectivity index (χ0v) is 16.6. The molecule has 3 aromatic rings. The quantitative estimate of drug-likeness (QED) is 0.431. The van der Waals surface area contributed by atoms with E-state index in [1.807, 2.05) is 78.9 Å². The largest absolute Gasteiger partial charge is 0.493 e. The second-order valence-corrected chi connectivity index (χ2v) is 6.58. The number of nitrogens with one attached hydrogen (secondary N) is 1. The van der Waals surface area contributed by atoms with Crippen molar-refractivity contribution in [2.24, 2.45) is 0 Å². The summed E-state index contributed by atoms with van der Waals surface area (Å²) in [4.78, 5) is 10.5. The van der Waals surface area contributed by atoms with Gasteiger partial charge < -0.3 is 24.6 Å². The molecule has 0 bridgehead atoms. The molecule has 0 aliphatic carbocycles. The first-order valence-electron chi connectivity index (χ1n) is 9.79. The fraction of sp³-hybridized carbons (Fsp3) is 0.208. The Labute approximate surface area is 176 Å². The fourth-order valence-corrected chi connectivity index (χ4v) is 2.68. The number of benzene rings is 3. The summed E-state index contributed by atoms with van der Waals surface area (Å²) < 4.78 is 17.2. The molecule has 0 unspecified atom stereocenters. The SMILES string of the molecule is O=C(O)CNCc1ccc(OCCCOc2ccc(Oc3ccccc3)cc2)cc1. The zero-order chi connectivity index (χ0) is 21.0. The van der Waals surface area contributed by atoms with E-state index in [-0.39, 0.29) is 6.54 Å². The number of rotatable bonds is 12.